The lowest BCUT2D eigenvalue weighted by atomic mass is 10.1. The average Bonchev–Trinajstić information content (AvgIpc) is 2.99. The van der Waals surface area contributed by atoms with Crippen LogP contribution in [0.4, 0.5) is 0 Å². The first-order chi connectivity index (χ1) is 8.33. The van der Waals surface area contributed by atoms with Gasteiger partial charge < -0.3 is 4.74 Å². The summed E-state index contributed by atoms with van der Waals surface area (Å²) < 4.78 is 13.4. The second-order valence-electron chi connectivity index (χ2n) is 3.97. The van der Waals surface area contributed by atoms with E-state index < -0.39 is 0 Å². The number of carbonyl (C=O) groups is 1. The van der Waals surface area contributed by atoms with Crippen LogP contribution in [0.1, 0.15) is 28.9 Å². The molecule has 0 saturated heterocycles. The molecular weight excluding hydrogens is 236 g/mol. The van der Waals surface area contributed by atoms with Crippen LogP contribution in [0.15, 0.2) is 30.5 Å². The van der Waals surface area contributed by atoms with Crippen molar-refractivity contribution >= 4 is 17.5 Å². The Morgan fingerprint density at radius 2 is 2.29 bits per heavy atom. The van der Waals surface area contributed by atoms with Crippen molar-refractivity contribution in [2.45, 2.75) is 18.9 Å². The summed E-state index contributed by atoms with van der Waals surface area (Å²) in [5.74, 6) is 0.640. The maximum atomic E-state index is 12.0. The van der Waals surface area contributed by atoms with Gasteiger partial charge in [-0.1, -0.05) is 12.1 Å². The molecule has 1 heterocycles. The average molecular weight is 246 g/mol. The molecular formula is C12H10N2O2S. The molecule has 0 unspecified atom stereocenters. The first-order valence-electron chi connectivity index (χ1n) is 5.42. The number of hydrogen-bond donors (Lipinski definition) is 0. The summed E-state index contributed by atoms with van der Waals surface area (Å²) >= 11 is 1.04. The smallest absolute Gasteiger partial charge is 0.214 e. The van der Waals surface area contributed by atoms with Crippen LogP contribution in [-0.4, -0.2) is 20.6 Å². The normalized spacial score (nSPS) is 14.6. The molecule has 0 atom stereocenters. The largest absolute Gasteiger partial charge is 0.490 e. The molecule has 1 aromatic heterocycles. The fraction of sp³-hybridized carbons (Fsp3) is 0.250. The van der Waals surface area contributed by atoms with E-state index in [1.807, 2.05) is 12.1 Å². The Labute approximate surface area is 103 Å². The predicted molar refractivity (Wildman–Crippen MR) is 63.4 cm³/mol. The van der Waals surface area contributed by atoms with Gasteiger partial charge in [-0.15, -0.1) is 0 Å². The fourth-order valence-corrected chi connectivity index (χ4v) is 1.91. The number of ether oxygens (including phenoxy) is 1. The molecule has 1 aliphatic rings. The molecule has 0 spiro atoms. The summed E-state index contributed by atoms with van der Waals surface area (Å²) in [6.45, 7) is 0. The van der Waals surface area contributed by atoms with Gasteiger partial charge in [0.25, 0.3) is 0 Å². The molecule has 4 nitrogen and oxygen atoms in total. The zero-order valence-corrected chi connectivity index (χ0v) is 9.81. The third kappa shape index (κ3) is 2.34. The molecule has 0 amide bonds. The Hall–Kier alpha value is -1.75. The van der Waals surface area contributed by atoms with Gasteiger partial charge in [0, 0.05) is 5.56 Å². The summed E-state index contributed by atoms with van der Waals surface area (Å²) in [6, 6.07) is 7.22. The van der Waals surface area contributed by atoms with Gasteiger partial charge in [-0.3, -0.25) is 4.79 Å². The zero-order valence-electron chi connectivity index (χ0n) is 9.00. The molecule has 0 bridgehead atoms. The molecule has 0 radical (unpaired) electrons. The van der Waals surface area contributed by atoms with Crippen LogP contribution < -0.4 is 4.74 Å². The number of carbonyl (C=O) groups excluding carboxylic acids is 1. The van der Waals surface area contributed by atoms with E-state index in [4.69, 9.17) is 4.74 Å². The lowest BCUT2D eigenvalue weighted by Crippen LogP contribution is -2.03. The predicted octanol–water partition coefficient (Wildman–Crippen LogP) is 2.31. The maximum absolute atomic E-state index is 12.0. The molecule has 1 fully saturated rings. The van der Waals surface area contributed by atoms with Crippen LogP contribution in [0.5, 0.6) is 5.75 Å². The number of benzene rings is 1. The van der Waals surface area contributed by atoms with Gasteiger partial charge in [-0.05, 0) is 25.0 Å². The molecule has 2 aromatic rings. The minimum absolute atomic E-state index is 0.111. The van der Waals surface area contributed by atoms with Crippen molar-refractivity contribution in [3.63, 3.8) is 0 Å². The molecule has 3 rings (SSSR count). The van der Waals surface area contributed by atoms with Crippen molar-refractivity contribution in [3.8, 4) is 5.75 Å². The topological polar surface area (TPSA) is 52.1 Å². The third-order valence-corrected chi connectivity index (χ3v) is 3.00. The Bertz CT molecular complexity index is 535. The summed E-state index contributed by atoms with van der Waals surface area (Å²) in [7, 11) is 0. The highest BCUT2D eigenvalue weighted by Gasteiger charge is 2.23. The van der Waals surface area contributed by atoms with Crippen LogP contribution in [-0.2, 0) is 0 Å². The molecule has 1 aliphatic carbocycles. The van der Waals surface area contributed by atoms with E-state index in [0.29, 0.717) is 17.4 Å². The first kappa shape index (κ1) is 10.4. The van der Waals surface area contributed by atoms with Crippen LogP contribution in [0.3, 0.4) is 0 Å². The summed E-state index contributed by atoms with van der Waals surface area (Å²) in [4.78, 5) is 12.0. The molecule has 17 heavy (non-hydrogen) atoms. The van der Waals surface area contributed by atoms with Crippen molar-refractivity contribution in [2.75, 3.05) is 0 Å². The molecule has 0 N–H and O–H groups in total. The number of rotatable bonds is 4. The number of ketones is 1. The Kier molecular flexibility index (Phi) is 2.60. The van der Waals surface area contributed by atoms with Crippen molar-refractivity contribution in [1.82, 2.24) is 8.75 Å². The minimum Gasteiger partial charge on any atom is -0.490 e. The summed E-state index contributed by atoms with van der Waals surface area (Å²) in [6.07, 6.45) is 4.03. The minimum atomic E-state index is -0.111. The first-order valence-corrected chi connectivity index (χ1v) is 6.15. The van der Waals surface area contributed by atoms with E-state index >= 15 is 0 Å². The van der Waals surface area contributed by atoms with E-state index in [-0.39, 0.29) is 5.78 Å². The second-order valence-corrected chi connectivity index (χ2v) is 4.52. The van der Waals surface area contributed by atoms with Gasteiger partial charge in [0.05, 0.1) is 24.0 Å². The second kappa shape index (κ2) is 4.25. The molecule has 1 aromatic carbocycles. The van der Waals surface area contributed by atoms with E-state index in [1.54, 1.807) is 12.1 Å². The highest BCUT2D eigenvalue weighted by Crippen LogP contribution is 2.27. The molecule has 0 aliphatic heterocycles. The maximum Gasteiger partial charge on any atom is 0.214 e. The van der Waals surface area contributed by atoms with E-state index in [0.717, 1.165) is 30.3 Å². The lowest BCUT2D eigenvalue weighted by molar-refractivity contribution is 0.103. The summed E-state index contributed by atoms with van der Waals surface area (Å²) in [5.41, 5.74) is 0.981. The Morgan fingerprint density at radius 1 is 1.41 bits per heavy atom. The number of hydrogen-bond acceptors (Lipinski definition) is 5. The fourth-order valence-electron chi connectivity index (χ4n) is 1.50. The van der Waals surface area contributed by atoms with Crippen LogP contribution in [0.25, 0.3) is 0 Å². The van der Waals surface area contributed by atoms with E-state index in [9.17, 15) is 4.79 Å². The van der Waals surface area contributed by atoms with Crippen LogP contribution in [0.2, 0.25) is 0 Å². The zero-order chi connectivity index (χ0) is 11.7. The highest BCUT2D eigenvalue weighted by atomic mass is 32.1. The standard InChI is InChI=1S/C12H10N2O2S/c15-12(11-7-13-17-14-11)8-2-1-3-10(6-8)16-9-4-5-9/h1-3,6-7,9H,4-5H2. The molecule has 5 heteroatoms. The van der Waals surface area contributed by atoms with E-state index in [2.05, 4.69) is 8.75 Å². The monoisotopic (exact) mass is 246 g/mol. The van der Waals surface area contributed by atoms with Gasteiger partial charge in [0.1, 0.15) is 11.4 Å². The molecule has 1 saturated carbocycles. The van der Waals surface area contributed by atoms with Gasteiger partial charge >= 0.3 is 0 Å². The summed E-state index contributed by atoms with van der Waals surface area (Å²) in [5, 5.41) is 0. The van der Waals surface area contributed by atoms with Crippen molar-refractivity contribution in [3.05, 3.63) is 41.7 Å². The van der Waals surface area contributed by atoms with Gasteiger partial charge in [-0.2, -0.15) is 8.75 Å². The van der Waals surface area contributed by atoms with Crippen molar-refractivity contribution in [1.29, 1.82) is 0 Å². The van der Waals surface area contributed by atoms with Gasteiger partial charge in [-0.25, -0.2) is 0 Å². The lowest BCUT2D eigenvalue weighted by Gasteiger charge is -2.05. The van der Waals surface area contributed by atoms with Crippen molar-refractivity contribution in [2.24, 2.45) is 0 Å². The van der Waals surface area contributed by atoms with E-state index in [1.165, 1.54) is 6.20 Å². The molecule has 86 valence electrons. The quantitative estimate of drug-likeness (QED) is 0.777. The Balaban J connectivity index is 1.84. The number of aromatic nitrogens is 2. The highest BCUT2D eigenvalue weighted by molar-refractivity contribution is 6.99. The van der Waals surface area contributed by atoms with Crippen molar-refractivity contribution < 1.29 is 9.53 Å². The van der Waals surface area contributed by atoms with Gasteiger partial charge in [0.2, 0.25) is 5.78 Å². The van der Waals surface area contributed by atoms with Crippen LogP contribution in [0, 0.1) is 0 Å². The third-order valence-electron chi connectivity index (χ3n) is 2.52. The van der Waals surface area contributed by atoms with Crippen LogP contribution >= 0.6 is 11.7 Å². The SMILES string of the molecule is O=C(c1cccc(OC2CC2)c1)c1cnsn1. The van der Waals surface area contributed by atoms with Gasteiger partial charge in [0.15, 0.2) is 0 Å². The Morgan fingerprint density at radius 3 is 3.00 bits per heavy atom. The number of nitrogens with zero attached hydrogens (tertiary/aromatic N) is 2.